The number of aromatic nitrogens is 2. The zero-order valence-corrected chi connectivity index (χ0v) is 25.8. The van der Waals surface area contributed by atoms with Crippen LogP contribution in [0.2, 0.25) is 0 Å². The lowest BCUT2D eigenvalue weighted by Crippen LogP contribution is -2.38. The highest BCUT2D eigenvalue weighted by Crippen LogP contribution is 2.65. The minimum absolute atomic E-state index is 0.109. The fourth-order valence-corrected chi connectivity index (χ4v) is 4.89. The zero-order chi connectivity index (χ0) is 32.5. The van der Waals surface area contributed by atoms with E-state index < -0.39 is 47.6 Å². The Labute approximate surface area is 262 Å². The number of alkyl halides is 1. The fourth-order valence-electron chi connectivity index (χ4n) is 4.89. The van der Waals surface area contributed by atoms with Crippen LogP contribution in [0.4, 0.5) is 9.18 Å². The third-order valence-corrected chi connectivity index (χ3v) is 7.46. The van der Waals surface area contributed by atoms with Gasteiger partial charge in [0.2, 0.25) is 5.91 Å². The van der Waals surface area contributed by atoms with Crippen LogP contribution in [-0.4, -0.2) is 63.7 Å². The summed E-state index contributed by atoms with van der Waals surface area (Å²) in [5.74, 6) is -0.129. The molecule has 1 aliphatic carbocycles. The molecule has 1 saturated carbocycles. The van der Waals surface area contributed by atoms with Crippen molar-refractivity contribution in [2.24, 2.45) is 0 Å². The number of nitrogens with zero attached hydrogens (tertiary/aromatic N) is 1. The maximum absolute atomic E-state index is 15.2. The molecule has 0 radical (unpaired) electrons. The Balaban J connectivity index is 1.19. The predicted molar refractivity (Wildman–Crippen MR) is 169 cm³/mol. The summed E-state index contributed by atoms with van der Waals surface area (Å²) in [5, 5.41) is 15.8. The molecule has 12 heteroatoms. The van der Waals surface area contributed by atoms with Gasteiger partial charge in [-0.3, -0.25) is 19.1 Å². The molecule has 0 unspecified atom stereocenters. The van der Waals surface area contributed by atoms with E-state index in [0.29, 0.717) is 12.8 Å². The number of allylic oxidation sites excluding steroid dienone is 10. The van der Waals surface area contributed by atoms with E-state index in [4.69, 9.17) is 9.47 Å². The van der Waals surface area contributed by atoms with E-state index in [0.717, 1.165) is 55.4 Å². The summed E-state index contributed by atoms with van der Waals surface area (Å²) in [7, 11) is 0. The van der Waals surface area contributed by atoms with Crippen LogP contribution < -0.4 is 21.9 Å². The molecule has 1 aromatic rings. The molecule has 11 nitrogen and oxygen atoms in total. The number of aromatic amines is 1. The molecule has 0 spiro atoms. The SMILES string of the molecule is CC/C=C\C/C=C\C/C=C\C/C=C\C/C=C\CCCC(=O)NCCNC(=O)OC[C@H]1O[C@@H](n2ccc(=O)[nH]c2=O)[C@@]2(F)C[C@@]12O. The second kappa shape index (κ2) is 18.1. The Bertz CT molecular complexity index is 1380. The number of carbonyl (C=O) groups is 2. The predicted octanol–water partition coefficient (Wildman–Crippen LogP) is 4.04. The summed E-state index contributed by atoms with van der Waals surface area (Å²) >= 11 is 0. The van der Waals surface area contributed by atoms with E-state index in [-0.39, 0.29) is 25.4 Å². The first-order valence-corrected chi connectivity index (χ1v) is 15.5. The van der Waals surface area contributed by atoms with Gasteiger partial charge in [-0.15, -0.1) is 0 Å². The molecule has 1 saturated heterocycles. The van der Waals surface area contributed by atoms with Gasteiger partial charge in [-0.05, 0) is 44.9 Å². The number of H-pyrrole nitrogens is 1. The molecule has 45 heavy (non-hydrogen) atoms. The Morgan fingerprint density at radius 1 is 1.02 bits per heavy atom. The van der Waals surface area contributed by atoms with Crippen molar-refractivity contribution in [1.29, 1.82) is 0 Å². The number of alkyl carbamates (subject to hydrolysis) is 1. The third kappa shape index (κ3) is 10.8. The van der Waals surface area contributed by atoms with Gasteiger partial charge in [0, 0.05) is 38.2 Å². The Morgan fingerprint density at radius 3 is 2.24 bits per heavy atom. The number of hydrogen-bond donors (Lipinski definition) is 4. The van der Waals surface area contributed by atoms with Gasteiger partial charge in [0.1, 0.15) is 18.3 Å². The molecule has 1 aromatic heterocycles. The van der Waals surface area contributed by atoms with Crippen LogP contribution in [0.25, 0.3) is 0 Å². The quantitative estimate of drug-likeness (QED) is 0.133. The summed E-state index contributed by atoms with van der Waals surface area (Å²) in [5.41, 5.74) is -5.71. The second-order valence-electron chi connectivity index (χ2n) is 10.9. The van der Waals surface area contributed by atoms with Crippen LogP contribution in [0.1, 0.15) is 70.9 Å². The number of hydrogen-bond acceptors (Lipinski definition) is 7. The zero-order valence-electron chi connectivity index (χ0n) is 25.8. The van der Waals surface area contributed by atoms with Crippen molar-refractivity contribution in [3.8, 4) is 0 Å². The van der Waals surface area contributed by atoms with E-state index in [2.05, 4.69) is 78.3 Å². The lowest BCUT2D eigenvalue weighted by atomic mass is 10.1. The highest BCUT2D eigenvalue weighted by atomic mass is 19.1. The number of halogens is 1. The number of aliphatic hydroxyl groups is 1. The molecular formula is C33H45FN4O7. The number of amides is 2. The van der Waals surface area contributed by atoms with E-state index in [1.54, 1.807) is 0 Å². The molecule has 2 aliphatic rings. The van der Waals surface area contributed by atoms with Crippen molar-refractivity contribution in [2.45, 2.75) is 88.3 Å². The number of nitrogens with one attached hydrogen (secondary N) is 3. The highest BCUT2D eigenvalue weighted by molar-refractivity contribution is 5.75. The molecule has 2 heterocycles. The van der Waals surface area contributed by atoms with E-state index in [9.17, 15) is 24.3 Å². The first-order chi connectivity index (χ1) is 21.7. The average Bonchev–Trinajstić information content (AvgIpc) is 3.51. The Morgan fingerprint density at radius 2 is 1.62 bits per heavy atom. The van der Waals surface area contributed by atoms with Crippen LogP contribution in [0.3, 0.4) is 0 Å². The number of carbonyl (C=O) groups excluding carboxylic acids is 2. The van der Waals surface area contributed by atoms with Crippen LogP contribution in [0.15, 0.2) is 82.6 Å². The molecule has 4 atom stereocenters. The lowest BCUT2D eigenvalue weighted by Gasteiger charge is -2.21. The number of unbranched alkanes of at least 4 members (excludes halogenated alkanes) is 1. The number of fused-ring (bicyclic) bond motifs is 1. The molecule has 3 rings (SSSR count). The van der Waals surface area contributed by atoms with Gasteiger partial charge in [0.25, 0.3) is 5.56 Å². The van der Waals surface area contributed by atoms with Gasteiger partial charge in [0.15, 0.2) is 11.9 Å². The van der Waals surface area contributed by atoms with Crippen molar-refractivity contribution in [2.75, 3.05) is 19.7 Å². The van der Waals surface area contributed by atoms with E-state index in [1.165, 1.54) is 0 Å². The molecular weight excluding hydrogens is 583 g/mol. The van der Waals surface area contributed by atoms with Crippen LogP contribution in [-0.2, 0) is 14.3 Å². The summed E-state index contributed by atoms with van der Waals surface area (Å²) in [6.07, 6.45) is 25.3. The summed E-state index contributed by atoms with van der Waals surface area (Å²) in [6.45, 7) is 1.98. The van der Waals surface area contributed by atoms with Crippen LogP contribution in [0, 0.1) is 0 Å². The van der Waals surface area contributed by atoms with Crippen LogP contribution in [0.5, 0.6) is 0 Å². The second-order valence-corrected chi connectivity index (χ2v) is 10.9. The Kier molecular flexibility index (Phi) is 14.2. The van der Waals surface area contributed by atoms with Crippen LogP contribution >= 0.6 is 0 Å². The molecule has 246 valence electrons. The molecule has 1 aliphatic heterocycles. The largest absolute Gasteiger partial charge is 0.447 e. The molecule has 2 amide bonds. The van der Waals surface area contributed by atoms with Gasteiger partial charge >= 0.3 is 11.8 Å². The Hall–Kier alpha value is -4.03. The first-order valence-electron chi connectivity index (χ1n) is 15.5. The third-order valence-electron chi connectivity index (χ3n) is 7.46. The van der Waals surface area contributed by atoms with Gasteiger partial charge in [0.05, 0.1) is 0 Å². The summed E-state index contributed by atoms with van der Waals surface area (Å²) < 4.78 is 26.6. The number of ether oxygens (including phenoxy) is 2. The monoisotopic (exact) mass is 628 g/mol. The maximum Gasteiger partial charge on any atom is 0.407 e. The van der Waals surface area contributed by atoms with Crippen molar-refractivity contribution < 1.29 is 28.6 Å². The van der Waals surface area contributed by atoms with Gasteiger partial charge in [-0.1, -0.05) is 67.7 Å². The molecule has 4 N–H and O–H groups in total. The maximum atomic E-state index is 15.2. The van der Waals surface area contributed by atoms with Gasteiger partial charge in [-0.25, -0.2) is 14.0 Å². The molecule has 2 fully saturated rings. The lowest BCUT2D eigenvalue weighted by molar-refractivity contribution is -0.121. The van der Waals surface area contributed by atoms with Gasteiger partial charge < -0.3 is 25.2 Å². The van der Waals surface area contributed by atoms with Crippen molar-refractivity contribution in [1.82, 2.24) is 20.2 Å². The first kappa shape index (κ1) is 35.4. The minimum Gasteiger partial charge on any atom is -0.447 e. The molecule has 0 bridgehead atoms. The summed E-state index contributed by atoms with van der Waals surface area (Å²) in [6, 6.07) is 1.04. The highest BCUT2D eigenvalue weighted by Gasteiger charge is 2.82. The van der Waals surface area contributed by atoms with Crippen molar-refractivity contribution >= 4 is 12.0 Å². The number of rotatable bonds is 19. The van der Waals surface area contributed by atoms with Gasteiger partial charge in [-0.2, -0.15) is 0 Å². The van der Waals surface area contributed by atoms with Crippen molar-refractivity contribution in [3.05, 3.63) is 93.9 Å². The van der Waals surface area contributed by atoms with E-state index >= 15 is 4.39 Å². The van der Waals surface area contributed by atoms with E-state index in [1.807, 2.05) is 4.98 Å². The summed E-state index contributed by atoms with van der Waals surface area (Å²) in [4.78, 5) is 49.4. The average molecular weight is 629 g/mol. The fraction of sp³-hybridized carbons (Fsp3) is 0.515. The topological polar surface area (TPSA) is 152 Å². The normalized spacial score (nSPS) is 24.3. The van der Waals surface area contributed by atoms with Crippen molar-refractivity contribution in [3.63, 3.8) is 0 Å². The minimum atomic E-state index is -2.25. The molecule has 0 aromatic carbocycles. The standard InChI is InChI=1S/C33H45FN4O7/c1-2-3-4-5-6-7-8-9-10-11-12-13-14-15-16-17-18-19-27(39)35-21-22-36-31(42)44-24-26-33(43)25-32(33,34)29(45-26)38-23-20-28(40)37-30(38)41/h3-4,6-7,9-10,12-13,15-16,20,23,26,29,43H,2,5,8,11,14,17-19,21-22,24-25H2,1H3,(H,35,39)(H,36,42)(H,37,40,41)/b4-3-,7-6-,10-9-,13-12-,16-15-/t26-,29-,32+,33-/m1/s1. The smallest absolute Gasteiger partial charge is 0.407 e.